The van der Waals surface area contributed by atoms with Crippen LogP contribution in [-0.4, -0.2) is 57.6 Å². The number of nitrogens with one attached hydrogen (secondary N) is 2. The Labute approximate surface area is 179 Å². The zero-order valence-electron chi connectivity index (χ0n) is 16.1. The van der Waals surface area contributed by atoms with Crippen LogP contribution in [0.25, 0.3) is 0 Å². The Morgan fingerprint density at radius 3 is 2.55 bits per heavy atom. The van der Waals surface area contributed by atoms with Crippen molar-refractivity contribution < 1.29 is 18.1 Å². The van der Waals surface area contributed by atoms with Gasteiger partial charge in [-0.15, -0.1) is 0 Å². The largest absolute Gasteiger partial charge is 0.325 e. The maximum Gasteiger partial charge on any atom is 0.295 e. The van der Waals surface area contributed by atoms with Crippen molar-refractivity contribution in [2.75, 3.05) is 32.7 Å². The Morgan fingerprint density at radius 1 is 1.21 bits per heavy atom. The summed E-state index contributed by atoms with van der Waals surface area (Å²) in [4.78, 5) is 13.5. The number of carbonyl (C=O) groups excluding carboxylic acids is 1. The molecule has 0 aromatic heterocycles. The molecule has 2 N–H and O–H groups in total. The monoisotopic (exact) mass is 479 g/mol. The van der Waals surface area contributed by atoms with Gasteiger partial charge in [-0.2, -0.15) is 9.41 Å². The van der Waals surface area contributed by atoms with Gasteiger partial charge in [0, 0.05) is 4.47 Å². The first-order chi connectivity index (χ1) is 13.8. The van der Waals surface area contributed by atoms with E-state index in [-0.39, 0.29) is 12.5 Å². The van der Waals surface area contributed by atoms with Crippen molar-refractivity contribution in [2.45, 2.75) is 11.8 Å². The van der Waals surface area contributed by atoms with Crippen molar-refractivity contribution in [2.24, 2.45) is 5.10 Å². The van der Waals surface area contributed by atoms with E-state index in [0.29, 0.717) is 31.1 Å². The zero-order chi connectivity index (χ0) is 20.9. The number of amides is 1. The lowest BCUT2D eigenvalue weighted by molar-refractivity contribution is -0.895. The number of quaternary nitrogens is 1. The quantitative estimate of drug-likeness (QED) is 0.474. The first kappa shape index (κ1) is 21.6. The van der Waals surface area contributed by atoms with Gasteiger partial charge in [-0.3, -0.25) is 4.79 Å². The summed E-state index contributed by atoms with van der Waals surface area (Å²) >= 11 is 3.39. The number of benzene rings is 2. The third-order valence-corrected chi connectivity index (χ3v) is 7.16. The van der Waals surface area contributed by atoms with Gasteiger partial charge in [-0.25, -0.2) is 13.8 Å². The second-order valence-corrected chi connectivity index (χ2v) is 9.85. The molecule has 2 aromatic rings. The summed E-state index contributed by atoms with van der Waals surface area (Å²) in [6, 6.07) is 14.5. The number of aryl methyl sites for hydroxylation is 1. The maximum absolute atomic E-state index is 12.7. The molecule has 154 valence electrons. The molecular weight excluding hydrogens is 456 g/mol. The number of carbonyl (C=O) groups is 1. The van der Waals surface area contributed by atoms with Crippen LogP contribution in [0.5, 0.6) is 0 Å². The van der Waals surface area contributed by atoms with E-state index in [4.69, 9.17) is 0 Å². The van der Waals surface area contributed by atoms with Crippen LogP contribution in [0.3, 0.4) is 0 Å². The van der Waals surface area contributed by atoms with Crippen LogP contribution in [0.15, 0.2) is 63.0 Å². The van der Waals surface area contributed by atoms with Gasteiger partial charge in [0.05, 0.1) is 37.3 Å². The molecule has 0 radical (unpaired) electrons. The number of hydrazone groups is 1. The molecule has 0 atom stereocenters. The summed E-state index contributed by atoms with van der Waals surface area (Å²) in [5.41, 5.74) is 4.43. The van der Waals surface area contributed by atoms with Gasteiger partial charge in [0.25, 0.3) is 5.91 Å². The van der Waals surface area contributed by atoms with Crippen molar-refractivity contribution in [3.8, 4) is 0 Å². The molecule has 1 amide bonds. The van der Waals surface area contributed by atoms with Gasteiger partial charge >= 0.3 is 0 Å². The predicted octanol–water partition coefficient (Wildman–Crippen LogP) is 0.797. The van der Waals surface area contributed by atoms with E-state index in [1.807, 2.05) is 31.2 Å². The lowest BCUT2D eigenvalue weighted by Crippen LogP contribution is -3.15. The number of piperazine rings is 1. The summed E-state index contributed by atoms with van der Waals surface area (Å²) in [5, 5.41) is 3.98. The molecule has 1 fully saturated rings. The van der Waals surface area contributed by atoms with Gasteiger partial charge < -0.3 is 4.90 Å². The fourth-order valence-corrected chi connectivity index (χ4v) is 4.97. The molecule has 0 bridgehead atoms. The van der Waals surface area contributed by atoms with E-state index < -0.39 is 10.0 Å². The highest BCUT2D eigenvalue weighted by Gasteiger charge is 2.31. The molecule has 3 rings (SSSR count). The van der Waals surface area contributed by atoms with Crippen LogP contribution in [0, 0.1) is 6.92 Å². The number of sulfonamides is 1. The highest BCUT2D eigenvalue weighted by molar-refractivity contribution is 9.10. The minimum atomic E-state index is -3.49. The Bertz CT molecular complexity index is 985. The van der Waals surface area contributed by atoms with E-state index in [1.165, 1.54) is 4.31 Å². The van der Waals surface area contributed by atoms with Crippen LogP contribution in [-0.2, 0) is 14.8 Å². The summed E-state index contributed by atoms with van der Waals surface area (Å²) in [5.74, 6) is -0.193. The molecule has 29 heavy (non-hydrogen) atoms. The SMILES string of the molecule is Cc1ccc(S(=O)(=O)N2CC[NH+](CC(=O)N/N=C/c3cccc(Br)c3)CC2)cc1. The molecule has 0 saturated carbocycles. The average molecular weight is 480 g/mol. The van der Waals surface area contributed by atoms with Crippen LogP contribution < -0.4 is 10.3 Å². The van der Waals surface area contributed by atoms with Crippen LogP contribution in [0.4, 0.5) is 0 Å². The highest BCUT2D eigenvalue weighted by Crippen LogP contribution is 2.16. The van der Waals surface area contributed by atoms with E-state index in [1.54, 1.807) is 30.5 Å². The molecule has 0 unspecified atom stereocenters. The second kappa shape index (κ2) is 9.62. The lowest BCUT2D eigenvalue weighted by atomic mass is 10.2. The topological polar surface area (TPSA) is 83.3 Å². The number of halogens is 1. The minimum Gasteiger partial charge on any atom is -0.325 e. The molecule has 1 aliphatic heterocycles. The van der Waals surface area contributed by atoms with Crippen molar-refractivity contribution in [1.82, 2.24) is 9.73 Å². The smallest absolute Gasteiger partial charge is 0.295 e. The molecule has 0 aliphatic carbocycles. The van der Waals surface area contributed by atoms with Crippen LogP contribution >= 0.6 is 15.9 Å². The van der Waals surface area contributed by atoms with Gasteiger partial charge in [-0.05, 0) is 36.8 Å². The fraction of sp³-hybridized carbons (Fsp3) is 0.300. The molecule has 2 aromatic carbocycles. The number of nitrogens with zero attached hydrogens (tertiary/aromatic N) is 2. The summed E-state index contributed by atoms with van der Waals surface area (Å²) in [7, 11) is -3.49. The number of hydrogen-bond acceptors (Lipinski definition) is 4. The minimum absolute atomic E-state index is 0.193. The van der Waals surface area contributed by atoms with Crippen LogP contribution in [0.1, 0.15) is 11.1 Å². The van der Waals surface area contributed by atoms with E-state index in [9.17, 15) is 13.2 Å². The van der Waals surface area contributed by atoms with Gasteiger partial charge in [0.2, 0.25) is 10.0 Å². The third kappa shape index (κ3) is 5.96. The molecule has 9 heteroatoms. The van der Waals surface area contributed by atoms with Crippen molar-refractivity contribution >= 4 is 38.1 Å². The molecular formula is C20H24BrN4O3S+. The Morgan fingerprint density at radius 2 is 1.90 bits per heavy atom. The first-order valence-corrected chi connectivity index (χ1v) is 11.6. The Hall–Kier alpha value is -2.07. The molecule has 1 aliphatic rings. The van der Waals surface area contributed by atoms with E-state index >= 15 is 0 Å². The molecule has 1 heterocycles. The van der Waals surface area contributed by atoms with E-state index in [2.05, 4.69) is 26.5 Å². The van der Waals surface area contributed by atoms with Crippen molar-refractivity contribution in [3.05, 3.63) is 64.1 Å². The number of hydrogen-bond donors (Lipinski definition) is 2. The summed E-state index contributed by atoms with van der Waals surface area (Å²) in [6.45, 7) is 4.11. The predicted molar refractivity (Wildman–Crippen MR) is 115 cm³/mol. The van der Waals surface area contributed by atoms with Crippen molar-refractivity contribution in [3.63, 3.8) is 0 Å². The van der Waals surface area contributed by atoms with Gasteiger partial charge in [-0.1, -0.05) is 45.8 Å². The first-order valence-electron chi connectivity index (χ1n) is 9.32. The second-order valence-electron chi connectivity index (χ2n) is 6.99. The number of rotatable bonds is 6. The van der Waals surface area contributed by atoms with E-state index in [0.717, 1.165) is 20.5 Å². The third-order valence-electron chi connectivity index (χ3n) is 4.75. The molecule has 0 spiro atoms. The van der Waals surface area contributed by atoms with Crippen molar-refractivity contribution in [1.29, 1.82) is 0 Å². The van der Waals surface area contributed by atoms with Gasteiger partial charge in [0.1, 0.15) is 0 Å². The summed E-state index contributed by atoms with van der Waals surface area (Å²) in [6.07, 6.45) is 1.59. The molecule has 7 nitrogen and oxygen atoms in total. The fourth-order valence-electron chi connectivity index (χ4n) is 3.11. The standard InChI is InChI=1S/C20H23BrN4O3S/c1-16-5-7-19(8-6-16)29(27,28)25-11-9-24(10-12-25)15-20(26)23-22-14-17-3-2-4-18(21)13-17/h2-8,13-14H,9-12,15H2,1H3,(H,23,26)/p+1/b22-14+. The average Bonchev–Trinajstić information content (AvgIpc) is 2.69. The lowest BCUT2D eigenvalue weighted by Gasteiger charge is -2.31. The Balaban J connectivity index is 1.48. The molecule has 1 saturated heterocycles. The maximum atomic E-state index is 12.7. The zero-order valence-corrected chi connectivity index (χ0v) is 18.5. The van der Waals surface area contributed by atoms with Crippen LogP contribution in [0.2, 0.25) is 0 Å². The summed E-state index contributed by atoms with van der Waals surface area (Å²) < 4.78 is 27.9. The Kier molecular flexibility index (Phi) is 7.18. The normalized spacial score (nSPS) is 16.2. The highest BCUT2D eigenvalue weighted by atomic mass is 79.9. The van der Waals surface area contributed by atoms with Gasteiger partial charge in [0.15, 0.2) is 6.54 Å².